The van der Waals surface area contributed by atoms with Gasteiger partial charge < -0.3 is 20.8 Å². The minimum absolute atomic E-state index is 0.0160. The van der Waals surface area contributed by atoms with Crippen molar-refractivity contribution in [1.29, 1.82) is 5.41 Å². The fourth-order valence-corrected chi connectivity index (χ4v) is 3.08. The van der Waals surface area contributed by atoms with Crippen LogP contribution < -0.4 is 15.4 Å². The number of Topliss-reactive ketones (excluding diaryl/α,β-unsaturated/α-hetero) is 1. The number of methoxy groups -OCH3 is 1. The van der Waals surface area contributed by atoms with Crippen LogP contribution in [-0.4, -0.2) is 39.9 Å². The number of aromatic nitrogens is 3. The molecule has 1 aliphatic heterocycles. The van der Waals surface area contributed by atoms with E-state index < -0.39 is 11.8 Å². The second-order valence-electron chi connectivity index (χ2n) is 6.80. The Kier molecular flexibility index (Phi) is 6.17. The summed E-state index contributed by atoms with van der Waals surface area (Å²) < 4.78 is 10.1. The molecule has 1 unspecified atom stereocenters. The minimum Gasteiger partial charge on any atom is -0.495 e. The van der Waals surface area contributed by atoms with Gasteiger partial charge in [0, 0.05) is 23.5 Å². The van der Waals surface area contributed by atoms with Gasteiger partial charge in [-0.15, -0.1) is 0 Å². The molecule has 0 bridgehead atoms. The maximum absolute atomic E-state index is 13.5. The number of anilines is 1. The van der Waals surface area contributed by atoms with E-state index in [0.29, 0.717) is 28.4 Å². The number of hydrogen-bond acceptors (Lipinski definition) is 9. The maximum atomic E-state index is 13.5. The molecule has 9 heteroatoms. The first-order valence-corrected chi connectivity index (χ1v) is 9.73. The van der Waals surface area contributed by atoms with Gasteiger partial charge in [-0.05, 0) is 28.5 Å². The van der Waals surface area contributed by atoms with Crippen molar-refractivity contribution in [1.82, 2.24) is 20.6 Å². The zero-order valence-electron chi connectivity index (χ0n) is 17.1. The fourth-order valence-electron chi connectivity index (χ4n) is 3.08. The van der Waals surface area contributed by atoms with E-state index in [1.807, 2.05) is 30.4 Å². The number of carbonyl (C=O) groups excluding carboxylic acids is 1. The Morgan fingerprint density at radius 3 is 2.81 bits per heavy atom. The summed E-state index contributed by atoms with van der Waals surface area (Å²) in [6, 6.07) is 9.75. The highest BCUT2D eigenvalue weighted by molar-refractivity contribution is 6.21. The summed E-state index contributed by atoms with van der Waals surface area (Å²) in [6.45, 7) is 0. The number of ether oxygens (including phenoxy) is 1. The number of rotatable bonds is 8. The van der Waals surface area contributed by atoms with Crippen molar-refractivity contribution < 1.29 is 14.2 Å². The molecule has 4 rings (SSSR count). The summed E-state index contributed by atoms with van der Waals surface area (Å²) in [6.07, 6.45) is 11.9. The minimum atomic E-state index is -1.08. The quantitative estimate of drug-likeness (QED) is 0.368. The standard InChI is InChI=1S/C23H20N6O3/c1-31-18-11-17(13-25-14-18)27-21(19(24)12-16-9-5-6-10-26-16)23(30)22-20(28-32-29-22)15-7-3-2-4-8-15/h2-14,21,24,26-27H,1H3/b16-12-,24-19?. The van der Waals surface area contributed by atoms with E-state index in [2.05, 4.69) is 25.9 Å². The third-order valence-corrected chi connectivity index (χ3v) is 4.65. The Balaban J connectivity index is 1.69. The average molecular weight is 428 g/mol. The normalized spacial score (nSPS) is 14.6. The molecule has 9 nitrogen and oxygen atoms in total. The summed E-state index contributed by atoms with van der Waals surface area (Å²) in [5, 5.41) is 22.5. The zero-order valence-corrected chi connectivity index (χ0v) is 17.1. The predicted octanol–water partition coefficient (Wildman–Crippen LogP) is 3.38. The van der Waals surface area contributed by atoms with Gasteiger partial charge in [-0.2, -0.15) is 0 Å². The molecule has 3 N–H and O–H groups in total. The Hall–Kier alpha value is -4.53. The van der Waals surface area contributed by atoms with Gasteiger partial charge in [0.2, 0.25) is 5.78 Å². The van der Waals surface area contributed by atoms with Crippen LogP contribution in [0.5, 0.6) is 5.75 Å². The van der Waals surface area contributed by atoms with Crippen LogP contribution >= 0.6 is 0 Å². The molecule has 1 atom stereocenters. The number of pyridine rings is 1. The number of allylic oxidation sites excluding steroid dienone is 3. The molecule has 3 aromatic rings. The molecule has 32 heavy (non-hydrogen) atoms. The van der Waals surface area contributed by atoms with Crippen molar-refractivity contribution in [2.24, 2.45) is 0 Å². The Labute approximate surface area is 184 Å². The molecule has 1 aromatic carbocycles. The first-order valence-electron chi connectivity index (χ1n) is 9.73. The topological polar surface area (TPSA) is 126 Å². The van der Waals surface area contributed by atoms with Crippen LogP contribution in [0.2, 0.25) is 0 Å². The van der Waals surface area contributed by atoms with Crippen LogP contribution in [0.1, 0.15) is 10.5 Å². The maximum Gasteiger partial charge on any atom is 0.215 e. The average Bonchev–Trinajstić information content (AvgIpc) is 3.33. The Bertz CT molecular complexity index is 1210. The monoisotopic (exact) mass is 428 g/mol. The molecular formula is C23H20N6O3. The third-order valence-electron chi connectivity index (χ3n) is 4.65. The van der Waals surface area contributed by atoms with E-state index in [1.165, 1.54) is 7.11 Å². The van der Waals surface area contributed by atoms with Crippen molar-refractivity contribution in [3.8, 4) is 17.0 Å². The van der Waals surface area contributed by atoms with Gasteiger partial charge in [0.25, 0.3) is 0 Å². The molecule has 0 saturated heterocycles. The molecule has 0 fully saturated rings. The summed E-state index contributed by atoms with van der Waals surface area (Å²) in [7, 11) is 1.53. The van der Waals surface area contributed by atoms with Gasteiger partial charge in [-0.1, -0.05) is 36.4 Å². The third kappa shape index (κ3) is 4.62. The van der Waals surface area contributed by atoms with Crippen molar-refractivity contribution in [3.05, 3.63) is 90.7 Å². The molecule has 0 saturated carbocycles. The van der Waals surface area contributed by atoms with Crippen molar-refractivity contribution >= 4 is 17.2 Å². The van der Waals surface area contributed by atoms with Gasteiger partial charge in [0.1, 0.15) is 17.5 Å². The number of benzene rings is 1. The lowest BCUT2D eigenvalue weighted by Crippen LogP contribution is -2.37. The largest absolute Gasteiger partial charge is 0.495 e. The molecule has 3 heterocycles. The molecule has 0 aliphatic carbocycles. The van der Waals surface area contributed by atoms with Gasteiger partial charge in [-0.25, -0.2) is 4.63 Å². The predicted molar refractivity (Wildman–Crippen MR) is 119 cm³/mol. The van der Waals surface area contributed by atoms with Crippen LogP contribution in [0, 0.1) is 5.41 Å². The molecule has 0 amide bonds. The number of ketones is 1. The fraction of sp³-hybridized carbons (Fsp3) is 0.0870. The lowest BCUT2D eigenvalue weighted by molar-refractivity contribution is 0.0981. The van der Waals surface area contributed by atoms with E-state index in [9.17, 15) is 4.79 Å². The summed E-state index contributed by atoms with van der Waals surface area (Å²) >= 11 is 0. The number of dihydropyridines is 1. The van der Waals surface area contributed by atoms with E-state index in [1.54, 1.807) is 48.9 Å². The van der Waals surface area contributed by atoms with Crippen LogP contribution in [0.3, 0.4) is 0 Å². The van der Waals surface area contributed by atoms with Gasteiger partial charge in [0.05, 0.1) is 30.9 Å². The lowest BCUT2D eigenvalue weighted by Gasteiger charge is -2.18. The highest BCUT2D eigenvalue weighted by atomic mass is 16.6. The second-order valence-corrected chi connectivity index (χ2v) is 6.80. The smallest absolute Gasteiger partial charge is 0.215 e. The van der Waals surface area contributed by atoms with Crippen LogP contribution in [0.25, 0.3) is 11.3 Å². The SMILES string of the molecule is COc1cncc(NC(C(=N)/C=C2/C=CC=CN2)C(=O)c2nonc2-c2ccccc2)c1. The molecule has 0 spiro atoms. The zero-order chi connectivity index (χ0) is 22.3. The highest BCUT2D eigenvalue weighted by Crippen LogP contribution is 2.23. The van der Waals surface area contributed by atoms with E-state index in [0.717, 1.165) is 0 Å². The molecular weight excluding hydrogens is 408 g/mol. The van der Waals surface area contributed by atoms with E-state index in [-0.39, 0.29) is 11.4 Å². The Morgan fingerprint density at radius 1 is 1.22 bits per heavy atom. The molecule has 160 valence electrons. The van der Waals surface area contributed by atoms with Gasteiger partial charge in [0.15, 0.2) is 5.69 Å². The number of hydrogen-bond donors (Lipinski definition) is 3. The van der Waals surface area contributed by atoms with Crippen molar-refractivity contribution in [2.45, 2.75) is 6.04 Å². The molecule has 2 aromatic heterocycles. The molecule has 0 radical (unpaired) electrons. The highest BCUT2D eigenvalue weighted by Gasteiger charge is 2.30. The summed E-state index contributed by atoms with van der Waals surface area (Å²) in [5.41, 5.74) is 2.22. The van der Waals surface area contributed by atoms with Gasteiger partial charge >= 0.3 is 0 Å². The summed E-state index contributed by atoms with van der Waals surface area (Å²) in [4.78, 5) is 17.6. The second kappa shape index (κ2) is 9.52. The first kappa shape index (κ1) is 20.7. The van der Waals surface area contributed by atoms with Gasteiger partial charge in [-0.3, -0.25) is 9.78 Å². The first-order chi connectivity index (χ1) is 15.7. The Morgan fingerprint density at radius 2 is 2.06 bits per heavy atom. The number of nitrogens with one attached hydrogen (secondary N) is 3. The van der Waals surface area contributed by atoms with E-state index in [4.69, 9.17) is 14.8 Å². The van der Waals surface area contributed by atoms with Crippen molar-refractivity contribution in [2.75, 3.05) is 12.4 Å². The number of carbonyl (C=O) groups is 1. The number of nitrogens with zero attached hydrogens (tertiary/aromatic N) is 3. The molecule has 1 aliphatic rings. The van der Waals surface area contributed by atoms with Crippen LogP contribution in [0.4, 0.5) is 5.69 Å². The van der Waals surface area contributed by atoms with E-state index >= 15 is 0 Å². The van der Waals surface area contributed by atoms with Crippen LogP contribution in [-0.2, 0) is 0 Å². The lowest BCUT2D eigenvalue weighted by atomic mass is 9.99. The van der Waals surface area contributed by atoms with Crippen LogP contribution in [0.15, 0.2) is 89.6 Å². The van der Waals surface area contributed by atoms with Crippen molar-refractivity contribution in [3.63, 3.8) is 0 Å². The summed E-state index contributed by atoms with van der Waals surface area (Å²) in [5.74, 6) is 0.0475.